The number of nitrogens with one attached hydrogen (secondary N) is 1. The minimum Gasteiger partial charge on any atom is -0.350 e. The van der Waals surface area contributed by atoms with Gasteiger partial charge >= 0.3 is 5.69 Å². The molecule has 148 valence electrons. The fraction of sp³-hybridized carbons (Fsp3) is 0.471. The highest BCUT2D eigenvalue weighted by molar-refractivity contribution is 7.89. The molecule has 0 saturated heterocycles. The Labute approximate surface area is 157 Å². The molecule has 27 heavy (non-hydrogen) atoms. The van der Waals surface area contributed by atoms with E-state index in [0.717, 1.165) is 8.87 Å². The van der Waals surface area contributed by atoms with Gasteiger partial charge in [0.05, 0.1) is 22.3 Å². The Hall–Kier alpha value is -2.46. The second-order valence-electron chi connectivity index (χ2n) is 7.44. The van der Waals surface area contributed by atoms with Gasteiger partial charge in [0, 0.05) is 26.7 Å². The number of hydrogen-bond donors (Lipinski definition) is 1. The van der Waals surface area contributed by atoms with Crippen molar-refractivity contribution in [2.45, 2.75) is 31.2 Å². The van der Waals surface area contributed by atoms with Crippen molar-refractivity contribution in [1.29, 1.82) is 0 Å². The van der Waals surface area contributed by atoms with Crippen LogP contribution in [0.3, 0.4) is 0 Å². The van der Waals surface area contributed by atoms with Crippen LogP contribution in [0.15, 0.2) is 32.7 Å². The first-order valence-corrected chi connectivity index (χ1v) is 9.67. The van der Waals surface area contributed by atoms with Crippen molar-refractivity contribution in [2.24, 2.45) is 14.1 Å². The van der Waals surface area contributed by atoms with Crippen molar-refractivity contribution in [3.8, 4) is 0 Å². The molecule has 0 fully saturated rings. The van der Waals surface area contributed by atoms with Crippen molar-refractivity contribution in [3.05, 3.63) is 39.0 Å². The number of likely N-dealkylation sites (N-methyl/N-ethyl adjacent to an activating group) is 1. The van der Waals surface area contributed by atoms with E-state index in [1.54, 1.807) is 20.8 Å². The standard InChI is InChI=1S/C17H24N4O5S/c1-17(2,3)18-14(22)10-19(4)27(25,26)11-7-8-13-12(9-11)15(23)21(6)16(24)20(13)5/h7-9H,10H2,1-6H3,(H,18,22). The summed E-state index contributed by atoms with van der Waals surface area (Å²) in [5.41, 5.74) is -1.24. The number of aryl methyl sites for hydroxylation is 1. The molecule has 0 bridgehead atoms. The van der Waals surface area contributed by atoms with Gasteiger partial charge in [-0.05, 0) is 39.0 Å². The molecule has 0 atom stereocenters. The molecule has 1 N–H and O–H groups in total. The van der Waals surface area contributed by atoms with Gasteiger partial charge < -0.3 is 5.32 Å². The summed E-state index contributed by atoms with van der Waals surface area (Å²) in [7, 11) is 0.124. The molecule has 10 heteroatoms. The number of aromatic nitrogens is 2. The van der Waals surface area contributed by atoms with Crippen molar-refractivity contribution in [3.63, 3.8) is 0 Å². The average molecular weight is 396 g/mol. The maximum absolute atomic E-state index is 12.8. The van der Waals surface area contributed by atoms with E-state index in [1.807, 2.05) is 0 Å². The lowest BCUT2D eigenvalue weighted by molar-refractivity contribution is -0.122. The van der Waals surface area contributed by atoms with Crippen molar-refractivity contribution < 1.29 is 13.2 Å². The fourth-order valence-corrected chi connectivity index (χ4v) is 3.81. The molecule has 1 aromatic carbocycles. The number of hydrogen-bond acceptors (Lipinski definition) is 5. The van der Waals surface area contributed by atoms with Crippen molar-refractivity contribution in [1.82, 2.24) is 18.8 Å². The number of fused-ring (bicyclic) bond motifs is 1. The molecule has 0 spiro atoms. The molecule has 2 aromatic rings. The summed E-state index contributed by atoms with van der Waals surface area (Å²) < 4.78 is 28.7. The summed E-state index contributed by atoms with van der Waals surface area (Å²) in [6.45, 7) is 5.03. The van der Waals surface area contributed by atoms with Crippen LogP contribution in [0.2, 0.25) is 0 Å². The van der Waals surface area contributed by atoms with Crippen molar-refractivity contribution >= 4 is 26.8 Å². The first kappa shape index (κ1) is 20.8. The number of sulfonamides is 1. The van der Waals surface area contributed by atoms with Gasteiger partial charge in [-0.15, -0.1) is 0 Å². The predicted octanol–water partition coefficient (Wildman–Crippen LogP) is -0.228. The molecule has 2 rings (SSSR count). The van der Waals surface area contributed by atoms with E-state index in [1.165, 1.54) is 43.9 Å². The number of rotatable bonds is 4. The predicted molar refractivity (Wildman–Crippen MR) is 102 cm³/mol. The Kier molecular flexibility index (Phi) is 5.35. The van der Waals surface area contributed by atoms with E-state index < -0.39 is 32.7 Å². The Morgan fingerprint density at radius 3 is 2.30 bits per heavy atom. The van der Waals surface area contributed by atoms with E-state index in [9.17, 15) is 22.8 Å². The number of carbonyl (C=O) groups excluding carboxylic acids is 1. The van der Waals surface area contributed by atoms with Crippen LogP contribution in [0, 0.1) is 0 Å². The van der Waals surface area contributed by atoms with Gasteiger partial charge in [-0.1, -0.05) is 0 Å². The van der Waals surface area contributed by atoms with Crippen LogP contribution in [0.5, 0.6) is 0 Å². The van der Waals surface area contributed by atoms with E-state index in [0.29, 0.717) is 5.52 Å². The largest absolute Gasteiger partial charge is 0.350 e. The zero-order valence-corrected chi connectivity index (χ0v) is 17.0. The van der Waals surface area contributed by atoms with E-state index in [-0.39, 0.29) is 16.8 Å². The second kappa shape index (κ2) is 6.93. The number of benzene rings is 1. The number of amides is 1. The quantitative estimate of drug-likeness (QED) is 0.768. The molecule has 0 radical (unpaired) electrons. The van der Waals surface area contributed by atoms with E-state index in [4.69, 9.17) is 0 Å². The van der Waals surface area contributed by atoms with Gasteiger partial charge in [-0.25, -0.2) is 13.2 Å². The highest BCUT2D eigenvalue weighted by Crippen LogP contribution is 2.18. The van der Waals surface area contributed by atoms with Crippen LogP contribution in [0.1, 0.15) is 20.8 Å². The Morgan fingerprint density at radius 2 is 1.74 bits per heavy atom. The molecule has 0 unspecified atom stereocenters. The maximum Gasteiger partial charge on any atom is 0.330 e. The smallest absolute Gasteiger partial charge is 0.330 e. The molecule has 1 heterocycles. The molecular weight excluding hydrogens is 372 g/mol. The Balaban J connectivity index is 2.47. The molecular formula is C17H24N4O5S. The third-order valence-electron chi connectivity index (χ3n) is 4.03. The van der Waals surface area contributed by atoms with Gasteiger partial charge in [0.1, 0.15) is 0 Å². The van der Waals surface area contributed by atoms with Crippen LogP contribution in [-0.2, 0) is 28.9 Å². The molecule has 0 aliphatic heterocycles. The van der Waals surface area contributed by atoms with Crippen LogP contribution < -0.4 is 16.6 Å². The Bertz CT molecular complexity index is 1120. The minimum absolute atomic E-state index is 0.105. The third kappa shape index (κ3) is 4.11. The van der Waals surface area contributed by atoms with Crippen LogP contribution in [0.25, 0.3) is 10.9 Å². The molecule has 0 aliphatic rings. The first-order valence-electron chi connectivity index (χ1n) is 8.23. The Morgan fingerprint density at radius 1 is 1.15 bits per heavy atom. The van der Waals surface area contributed by atoms with Gasteiger partial charge in [-0.2, -0.15) is 4.31 Å². The highest BCUT2D eigenvalue weighted by atomic mass is 32.2. The topological polar surface area (TPSA) is 110 Å². The van der Waals surface area contributed by atoms with Gasteiger partial charge in [0.2, 0.25) is 15.9 Å². The van der Waals surface area contributed by atoms with Crippen LogP contribution in [-0.4, -0.2) is 46.9 Å². The fourth-order valence-electron chi connectivity index (χ4n) is 2.66. The van der Waals surface area contributed by atoms with Gasteiger partial charge in [0.25, 0.3) is 5.56 Å². The molecule has 1 amide bonds. The average Bonchev–Trinajstić information content (AvgIpc) is 2.55. The van der Waals surface area contributed by atoms with Crippen LogP contribution in [0.4, 0.5) is 0 Å². The third-order valence-corrected chi connectivity index (χ3v) is 5.83. The lowest BCUT2D eigenvalue weighted by Crippen LogP contribution is -2.46. The van der Waals surface area contributed by atoms with E-state index >= 15 is 0 Å². The zero-order chi connectivity index (χ0) is 20.7. The molecule has 9 nitrogen and oxygen atoms in total. The first-order chi connectivity index (χ1) is 12.3. The van der Waals surface area contributed by atoms with E-state index in [2.05, 4.69) is 5.32 Å². The SMILES string of the molecule is CN(CC(=O)NC(C)(C)C)S(=O)(=O)c1ccc2c(c1)c(=O)n(C)c(=O)n2C. The highest BCUT2D eigenvalue weighted by Gasteiger charge is 2.25. The lowest BCUT2D eigenvalue weighted by Gasteiger charge is -2.23. The maximum atomic E-state index is 12.8. The summed E-state index contributed by atoms with van der Waals surface area (Å²) in [6.07, 6.45) is 0. The monoisotopic (exact) mass is 396 g/mol. The summed E-state index contributed by atoms with van der Waals surface area (Å²) in [6, 6.07) is 3.95. The normalized spacial score (nSPS) is 12.6. The number of nitrogens with zero attached hydrogens (tertiary/aromatic N) is 3. The summed E-state index contributed by atoms with van der Waals surface area (Å²) in [5.74, 6) is -0.437. The lowest BCUT2D eigenvalue weighted by atomic mass is 10.1. The number of carbonyl (C=O) groups is 1. The van der Waals surface area contributed by atoms with Gasteiger partial charge in [-0.3, -0.25) is 18.7 Å². The van der Waals surface area contributed by atoms with Crippen molar-refractivity contribution in [2.75, 3.05) is 13.6 Å². The molecule has 1 aromatic heterocycles. The zero-order valence-electron chi connectivity index (χ0n) is 16.2. The summed E-state index contributed by atoms with van der Waals surface area (Å²) in [4.78, 5) is 36.2. The van der Waals surface area contributed by atoms with Crippen LogP contribution >= 0.6 is 0 Å². The minimum atomic E-state index is -4.00. The summed E-state index contributed by atoms with van der Waals surface area (Å²) in [5, 5.41) is 2.80. The van der Waals surface area contributed by atoms with Gasteiger partial charge in [0.15, 0.2) is 0 Å². The summed E-state index contributed by atoms with van der Waals surface area (Å²) >= 11 is 0. The molecule has 0 saturated carbocycles. The molecule has 0 aliphatic carbocycles. The second-order valence-corrected chi connectivity index (χ2v) is 9.49.